The van der Waals surface area contributed by atoms with Crippen LogP contribution in [0.4, 0.5) is 5.69 Å². The first-order valence-corrected chi connectivity index (χ1v) is 17.3. The van der Waals surface area contributed by atoms with Gasteiger partial charge in [0.05, 0.1) is 22.6 Å². The highest BCUT2D eigenvalue weighted by Crippen LogP contribution is 2.41. The fourth-order valence-corrected chi connectivity index (χ4v) is 7.93. The maximum absolute atomic E-state index is 12.0. The van der Waals surface area contributed by atoms with E-state index in [1.807, 2.05) is 38.1 Å². The lowest BCUT2D eigenvalue weighted by Gasteiger charge is -2.42. The van der Waals surface area contributed by atoms with Gasteiger partial charge in [-0.25, -0.2) is 18.4 Å². The summed E-state index contributed by atoms with van der Waals surface area (Å²) in [5.41, 5.74) is 3.20. The number of nitrogens with zero attached hydrogens (tertiary/aromatic N) is 1. The molecule has 1 heterocycles. The first kappa shape index (κ1) is 33.3. The minimum atomic E-state index is -3.63. The first-order valence-electron chi connectivity index (χ1n) is 15.4. The number of anilines is 1. The third-order valence-electron chi connectivity index (χ3n) is 9.06. The molecule has 0 bridgehead atoms. The molecular weight excluding hydrogens is 588 g/mol. The van der Waals surface area contributed by atoms with Gasteiger partial charge in [-0.15, -0.1) is 0 Å². The Kier molecular flexibility index (Phi) is 11.6. The Morgan fingerprint density at radius 2 is 1.98 bits per heavy atom. The molecular formula is C33H45ClN2O6S. The van der Waals surface area contributed by atoms with Crippen molar-refractivity contribution in [3.63, 3.8) is 0 Å². The number of nitrogens with two attached hydrogens (primary N) is 1. The number of carboxylic acid groups (broad SMARTS) is 1. The third kappa shape index (κ3) is 8.75. The highest BCUT2D eigenvalue weighted by molar-refractivity contribution is 7.89. The van der Waals surface area contributed by atoms with Crippen LogP contribution in [-0.2, 0) is 23.1 Å². The number of hydrogen-bond acceptors (Lipinski definition) is 6. The smallest absolute Gasteiger partial charge is 0.335 e. The first-order chi connectivity index (χ1) is 20.5. The molecule has 236 valence electrons. The van der Waals surface area contributed by atoms with Crippen molar-refractivity contribution in [1.82, 2.24) is 0 Å². The van der Waals surface area contributed by atoms with Crippen LogP contribution in [0.5, 0.6) is 5.75 Å². The lowest BCUT2D eigenvalue weighted by atomic mass is 9.70. The number of aromatic carboxylic acids is 1. The molecule has 1 fully saturated rings. The van der Waals surface area contributed by atoms with Crippen molar-refractivity contribution >= 4 is 33.3 Å². The van der Waals surface area contributed by atoms with Crippen LogP contribution in [0.25, 0.3) is 0 Å². The fraction of sp³-hybridized carbons (Fsp3) is 0.545. The van der Waals surface area contributed by atoms with Crippen molar-refractivity contribution in [1.29, 1.82) is 0 Å². The van der Waals surface area contributed by atoms with Crippen molar-refractivity contribution in [2.75, 3.05) is 18.0 Å². The van der Waals surface area contributed by atoms with Crippen LogP contribution < -0.4 is 14.8 Å². The highest BCUT2D eigenvalue weighted by Gasteiger charge is 2.37. The number of carbonyl (C=O) groups is 1. The van der Waals surface area contributed by atoms with E-state index < -0.39 is 27.3 Å². The predicted molar refractivity (Wildman–Crippen MR) is 171 cm³/mol. The molecule has 43 heavy (non-hydrogen) atoms. The molecule has 2 aliphatic rings. The van der Waals surface area contributed by atoms with E-state index in [4.69, 9.17) is 21.5 Å². The maximum Gasteiger partial charge on any atom is 0.335 e. The number of primary sulfonamides is 1. The van der Waals surface area contributed by atoms with Crippen LogP contribution in [-0.4, -0.2) is 49.0 Å². The third-order valence-corrected chi connectivity index (χ3v) is 10.8. The number of allylic oxidation sites excluding steroid dienone is 1. The summed E-state index contributed by atoms with van der Waals surface area (Å²) < 4.78 is 30.4. The number of fused-ring (bicyclic) bond motifs is 2. The number of carboxylic acids is 1. The molecule has 10 heteroatoms. The van der Waals surface area contributed by atoms with E-state index >= 15 is 0 Å². The zero-order chi connectivity index (χ0) is 31.1. The summed E-state index contributed by atoms with van der Waals surface area (Å²) >= 11 is 6.28. The molecule has 0 spiro atoms. The van der Waals surface area contributed by atoms with Gasteiger partial charge in [0.15, 0.2) is 0 Å². The van der Waals surface area contributed by atoms with E-state index in [0.29, 0.717) is 36.8 Å². The Morgan fingerprint density at radius 3 is 2.65 bits per heavy atom. The summed E-state index contributed by atoms with van der Waals surface area (Å²) in [6, 6.07) is 10.9. The molecule has 2 aromatic rings. The largest absolute Gasteiger partial charge is 0.487 e. The molecule has 0 saturated heterocycles. The lowest BCUT2D eigenvalue weighted by Crippen LogP contribution is -2.43. The van der Waals surface area contributed by atoms with Gasteiger partial charge in [0.1, 0.15) is 12.4 Å². The average molecular weight is 633 g/mol. The summed E-state index contributed by atoms with van der Waals surface area (Å²) in [6.07, 6.45) is 9.42. The van der Waals surface area contributed by atoms with Crippen molar-refractivity contribution in [2.24, 2.45) is 22.9 Å². The van der Waals surface area contributed by atoms with Gasteiger partial charge in [0.2, 0.25) is 10.0 Å². The Labute approximate surface area is 260 Å². The number of aryl methyl sites for hydroxylation is 1. The van der Waals surface area contributed by atoms with Gasteiger partial charge >= 0.3 is 5.97 Å². The van der Waals surface area contributed by atoms with Gasteiger partial charge in [0, 0.05) is 18.1 Å². The molecule has 0 amide bonds. The average Bonchev–Trinajstić information content (AvgIpc) is 2.96. The topological polar surface area (TPSA) is 130 Å². The number of halogens is 1. The number of hydrogen-bond donors (Lipinski definition) is 3. The Morgan fingerprint density at radius 1 is 1.19 bits per heavy atom. The van der Waals surface area contributed by atoms with Gasteiger partial charge in [0.25, 0.3) is 0 Å². The quantitative estimate of drug-likeness (QED) is 0.252. The van der Waals surface area contributed by atoms with E-state index in [1.54, 1.807) is 24.3 Å². The van der Waals surface area contributed by atoms with E-state index in [-0.39, 0.29) is 23.3 Å². The number of aliphatic hydroxyl groups is 1. The van der Waals surface area contributed by atoms with E-state index in [0.717, 1.165) is 61.9 Å². The molecule has 4 rings (SSSR count). The summed E-state index contributed by atoms with van der Waals surface area (Å²) in [6.45, 7) is 5.60. The monoisotopic (exact) mass is 632 g/mol. The summed E-state index contributed by atoms with van der Waals surface area (Å²) in [5.74, 6) is -0.216. The van der Waals surface area contributed by atoms with Gasteiger partial charge < -0.3 is 19.8 Å². The molecule has 0 unspecified atom stereocenters. The van der Waals surface area contributed by atoms with Gasteiger partial charge in [-0.1, -0.05) is 50.1 Å². The van der Waals surface area contributed by atoms with Crippen LogP contribution in [0.15, 0.2) is 48.6 Å². The van der Waals surface area contributed by atoms with Crippen LogP contribution in [0.2, 0.25) is 5.02 Å². The molecule has 2 aromatic carbocycles. The van der Waals surface area contributed by atoms with Crippen LogP contribution in [0, 0.1) is 17.8 Å². The van der Waals surface area contributed by atoms with E-state index in [1.165, 1.54) is 0 Å². The number of sulfonamides is 1. The van der Waals surface area contributed by atoms with Crippen molar-refractivity contribution < 1.29 is 28.2 Å². The standard InChI is InChI=1S/C33H45ClN2O6S/c1-3-7-32(43(35,40)41)22(2)8-6-10-30(37)28-15-12-25(28)20-36-17-5-4-9-23-18-27(34)14-11-26(23)21-42-31-16-13-24(33(38)39)19-29(31)36/h6,10-11,13-14,16,18-19,22,25,28,30,32,37H,3-5,7-9,12,15,17,20-21H2,1-2H3,(H,38,39)(H2,35,40,41)/b10-6+/t22-,25+,28-,30+,32-/m1/s1. The number of rotatable bonds is 11. The van der Waals surface area contributed by atoms with Gasteiger partial charge in [-0.3, -0.25) is 0 Å². The fourth-order valence-electron chi connectivity index (χ4n) is 6.41. The second-order valence-corrected chi connectivity index (χ2v) is 14.4. The minimum absolute atomic E-state index is 0.0628. The second-order valence-electron chi connectivity index (χ2n) is 12.1. The Balaban J connectivity index is 1.48. The van der Waals surface area contributed by atoms with Crippen LogP contribution >= 0.6 is 11.6 Å². The normalized spacial score (nSPS) is 21.5. The molecule has 1 aliphatic heterocycles. The zero-order valence-electron chi connectivity index (χ0n) is 25.1. The van der Waals surface area contributed by atoms with Gasteiger partial charge in [-0.05, 0) is 104 Å². The Hall–Kier alpha value is -2.59. The lowest BCUT2D eigenvalue weighted by molar-refractivity contribution is 0.0461. The van der Waals surface area contributed by atoms with Gasteiger partial charge in [-0.2, -0.15) is 0 Å². The second kappa shape index (κ2) is 14.9. The van der Waals surface area contributed by atoms with Crippen LogP contribution in [0.3, 0.4) is 0 Å². The summed E-state index contributed by atoms with van der Waals surface area (Å²) in [4.78, 5) is 14.1. The number of benzene rings is 2. The maximum atomic E-state index is 12.0. The SMILES string of the molecule is CCC[C@H]([C@H](C)C/C=C/[C@H](O)[C@@H]1CC[C@H]1CN1CCCCc2cc(Cl)ccc2COc2ccc(C(=O)O)cc21)S(N)(=O)=O. The molecule has 8 nitrogen and oxygen atoms in total. The summed E-state index contributed by atoms with van der Waals surface area (Å²) in [7, 11) is -3.63. The van der Waals surface area contributed by atoms with Crippen LogP contribution in [0.1, 0.15) is 80.3 Å². The zero-order valence-corrected chi connectivity index (χ0v) is 26.7. The molecule has 5 atom stereocenters. The molecule has 1 aliphatic carbocycles. The molecule has 4 N–H and O–H groups in total. The molecule has 0 aromatic heterocycles. The van der Waals surface area contributed by atoms with Crippen molar-refractivity contribution in [2.45, 2.75) is 83.2 Å². The number of aliphatic hydroxyl groups excluding tert-OH is 1. The predicted octanol–water partition coefficient (Wildman–Crippen LogP) is 6.19. The van der Waals surface area contributed by atoms with E-state index in [9.17, 15) is 23.4 Å². The Bertz CT molecular complexity index is 1400. The summed E-state index contributed by atoms with van der Waals surface area (Å²) in [5, 5.41) is 26.4. The molecule has 0 radical (unpaired) electrons. The van der Waals surface area contributed by atoms with E-state index in [2.05, 4.69) is 4.90 Å². The minimum Gasteiger partial charge on any atom is -0.487 e. The molecule has 1 saturated carbocycles. The van der Waals surface area contributed by atoms with Crippen molar-refractivity contribution in [3.05, 3.63) is 70.3 Å². The number of ether oxygens (including phenoxy) is 1. The highest BCUT2D eigenvalue weighted by atomic mass is 35.5. The van der Waals surface area contributed by atoms with Crippen molar-refractivity contribution in [3.8, 4) is 5.75 Å².